The van der Waals surface area contributed by atoms with E-state index >= 15 is 0 Å². The number of halogens is 1. The van der Waals surface area contributed by atoms with E-state index in [1.807, 2.05) is 72.6 Å². The maximum Gasteiger partial charge on any atom is 0.233 e. The summed E-state index contributed by atoms with van der Waals surface area (Å²) in [6.45, 7) is 0. The van der Waals surface area contributed by atoms with Gasteiger partial charge in [-0.25, -0.2) is 4.68 Å². The number of aromatic nitrogens is 2. The summed E-state index contributed by atoms with van der Waals surface area (Å²) < 4.78 is 3.02. The molecular formula is C33H30BrN5O2. The van der Waals surface area contributed by atoms with Gasteiger partial charge in [-0.05, 0) is 47.7 Å². The van der Waals surface area contributed by atoms with E-state index in [4.69, 9.17) is 16.6 Å². The molecule has 0 unspecified atom stereocenters. The highest BCUT2D eigenvalue weighted by Crippen LogP contribution is 2.47. The van der Waals surface area contributed by atoms with Crippen LogP contribution in [0.2, 0.25) is 0 Å². The number of fused-ring (bicyclic) bond motifs is 1. The van der Waals surface area contributed by atoms with Crippen molar-refractivity contribution in [3.63, 3.8) is 0 Å². The number of primary amides is 2. The number of rotatable bonds is 8. The number of carbonyl (C=O) groups excluding carboxylic acids is 2. The average Bonchev–Trinajstić information content (AvgIpc) is 3.33. The number of anilines is 1. The van der Waals surface area contributed by atoms with Crippen molar-refractivity contribution < 1.29 is 9.59 Å². The standard InChI is InChI=1S/C33H30BrN5O2/c1-38(26-20-32(21-26,30(35)40)31(36)41)29-27-19-25(34)17-18-28(27)39(37-29)33(22-11-5-2-6-12-22,23-13-7-3-8-14-23)24-15-9-4-10-16-24/h2-19,26H,20-21H2,1H3,(H2,35,40)(H2,36,41). The summed E-state index contributed by atoms with van der Waals surface area (Å²) in [6.07, 6.45) is 0.495. The Kier molecular flexibility index (Phi) is 6.66. The zero-order chi connectivity index (χ0) is 28.8. The lowest BCUT2D eigenvalue weighted by Crippen LogP contribution is -2.61. The number of benzene rings is 4. The van der Waals surface area contributed by atoms with Crippen LogP contribution in [0, 0.1) is 5.41 Å². The Morgan fingerprint density at radius 3 is 1.73 bits per heavy atom. The van der Waals surface area contributed by atoms with Crippen molar-refractivity contribution in [1.29, 1.82) is 0 Å². The summed E-state index contributed by atoms with van der Waals surface area (Å²) in [5, 5.41) is 6.30. The van der Waals surface area contributed by atoms with E-state index in [2.05, 4.69) is 69.1 Å². The normalized spacial score (nSPS) is 14.9. The van der Waals surface area contributed by atoms with E-state index in [1.54, 1.807) is 0 Å². The monoisotopic (exact) mass is 607 g/mol. The lowest BCUT2D eigenvalue weighted by molar-refractivity contribution is -0.146. The van der Waals surface area contributed by atoms with Gasteiger partial charge in [0.05, 0.1) is 5.52 Å². The lowest BCUT2D eigenvalue weighted by atomic mass is 9.64. The van der Waals surface area contributed by atoms with Crippen LogP contribution in [0.15, 0.2) is 114 Å². The highest BCUT2D eigenvalue weighted by atomic mass is 79.9. The first-order chi connectivity index (χ1) is 19.8. The van der Waals surface area contributed by atoms with Gasteiger partial charge in [0.15, 0.2) is 5.82 Å². The Labute approximate surface area is 246 Å². The Morgan fingerprint density at radius 1 is 0.829 bits per heavy atom. The van der Waals surface area contributed by atoms with Crippen LogP contribution in [0.4, 0.5) is 5.82 Å². The molecule has 1 heterocycles. The van der Waals surface area contributed by atoms with Crippen molar-refractivity contribution in [2.24, 2.45) is 16.9 Å². The fourth-order valence-electron chi connectivity index (χ4n) is 6.21. The van der Waals surface area contributed by atoms with Crippen molar-refractivity contribution in [3.05, 3.63) is 130 Å². The third kappa shape index (κ3) is 4.13. The molecule has 0 radical (unpaired) electrons. The molecule has 0 saturated heterocycles. The molecular weight excluding hydrogens is 578 g/mol. The van der Waals surface area contributed by atoms with E-state index in [0.717, 1.165) is 37.9 Å². The third-order valence-corrected chi connectivity index (χ3v) is 9.00. The lowest BCUT2D eigenvalue weighted by Gasteiger charge is -2.47. The van der Waals surface area contributed by atoms with Crippen LogP contribution in [0.25, 0.3) is 10.9 Å². The quantitative estimate of drug-likeness (QED) is 0.187. The molecule has 41 heavy (non-hydrogen) atoms. The van der Waals surface area contributed by atoms with Crippen LogP contribution in [0.1, 0.15) is 29.5 Å². The molecule has 0 aliphatic heterocycles. The summed E-state index contributed by atoms with van der Waals surface area (Å²) in [7, 11) is 1.94. The molecule has 4 N–H and O–H groups in total. The van der Waals surface area contributed by atoms with Gasteiger partial charge < -0.3 is 16.4 Å². The minimum Gasteiger partial charge on any atom is -0.369 e. The molecule has 2 amide bonds. The van der Waals surface area contributed by atoms with Gasteiger partial charge in [-0.15, -0.1) is 0 Å². The molecule has 5 aromatic rings. The molecule has 0 bridgehead atoms. The fraction of sp³-hybridized carbons (Fsp3) is 0.182. The zero-order valence-electron chi connectivity index (χ0n) is 22.6. The minimum atomic E-state index is -1.33. The molecule has 206 valence electrons. The van der Waals surface area contributed by atoms with E-state index in [0.29, 0.717) is 0 Å². The first-order valence-electron chi connectivity index (χ1n) is 13.5. The molecule has 4 aromatic carbocycles. The first kappa shape index (κ1) is 26.8. The number of nitrogens with two attached hydrogens (primary N) is 2. The smallest absolute Gasteiger partial charge is 0.233 e. The molecule has 1 saturated carbocycles. The van der Waals surface area contributed by atoms with Crippen LogP contribution in [-0.2, 0) is 15.1 Å². The highest BCUT2D eigenvalue weighted by molar-refractivity contribution is 9.10. The van der Waals surface area contributed by atoms with Gasteiger partial charge in [0.2, 0.25) is 11.8 Å². The van der Waals surface area contributed by atoms with E-state index in [9.17, 15) is 9.59 Å². The van der Waals surface area contributed by atoms with Crippen molar-refractivity contribution in [2.45, 2.75) is 24.4 Å². The van der Waals surface area contributed by atoms with E-state index in [1.165, 1.54) is 0 Å². The maximum atomic E-state index is 12.2. The first-order valence-corrected chi connectivity index (χ1v) is 14.3. The predicted octanol–water partition coefficient (Wildman–Crippen LogP) is 5.19. The molecule has 0 atom stereocenters. The van der Waals surface area contributed by atoms with Gasteiger partial charge >= 0.3 is 0 Å². The molecule has 0 spiro atoms. The Bertz CT molecular complexity index is 1620. The maximum absolute atomic E-state index is 12.2. The number of amides is 2. The average molecular weight is 609 g/mol. The van der Waals surface area contributed by atoms with Crippen molar-refractivity contribution in [2.75, 3.05) is 11.9 Å². The predicted molar refractivity (Wildman–Crippen MR) is 164 cm³/mol. The highest BCUT2D eigenvalue weighted by Gasteiger charge is 2.55. The number of nitrogens with zero attached hydrogens (tertiary/aromatic N) is 3. The van der Waals surface area contributed by atoms with Crippen LogP contribution in [0.5, 0.6) is 0 Å². The van der Waals surface area contributed by atoms with Gasteiger partial charge in [-0.3, -0.25) is 9.59 Å². The van der Waals surface area contributed by atoms with Gasteiger partial charge in [0.1, 0.15) is 11.0 Å². The largest absolute Gasteiger partial charge is 0.369 e. The van der Waals surface area contributed by atoms with E-state index in [-0.39, 0.29) is 18.9 Å². The molecule has 1 fully saturated rings. The number of hydrogen-bond donors (Lipinski definition) is 2. The van der Waals surface area contributed by atoms with Gasteiger partial charge in [-0.2, -0.15) is 5.10 Å². The molecule has 1 aliphatic carbocycles. The van der Waals surface area contributed by atoms with Crippen LogP contribution < -0.4 is 16.4 Å². The summed E-state index contributed by atoms with van der Waals surface area (Å²) in [4.78, 5) is 26.4. The SMILES string of the molecule is CN(c1nn(C(c2ccccc2)(c2ccccc2)c2ccccc2)c2ccc(Br)cc12)C1CC(C(N)=O)(C(N)=O)C1. The minimum absolute atomic E-state index is 0.139. The van der Waals surface area contributed by atoms with Crippen molar-refractivity contribution in [3.8, 4) is 0 Å². The van der Waals surface area contributed by atoms with Gasteiger partial charge in [0.25, 0.3) is 0 Å². The Hall–Kier alpha value is -4.43. The molecule has 1 aromatic heterocycles. The molecule has 6 rings (SSSR count). The van der Waals surface area contributed by atoms with Crippen LogP contribution >= 0.6 is 15.9 Å². The van der Waals surface area contributed by atoms with Gasteiger partial charge in [0, 0.05) is 22.9 Å². The number of hydrogen-bond acceptors (Lipinski definition) is 4. The van der Waals surface area contributed by atoms with Crippen molar-refractivity contribution in [1.82, 2.24) is 9.78 Å². The third-order valence-electron chi connectivity index (χ3n) is 8.51. The zero-order valence-corrected chi connectivity index (χ0v) is 24.2. The van der Waals surface area contributed by atoms with E-state index < -0.39 is 22.8 Å². The van der Waals surface area contributed by atoms with Crippen molar-refractivity contribution >= 4 is 44.5 Å². The number of carbonyl (C=O) groups is 2. The Balaban J connectivity index is 1.62. The second kappa shape index (κ2) is 10.2. The fourth-order valence-corrected chi connectivity index (χ4v) is 6.57. The Morgan fingerprint density at radius 2 is 1.29 bits per heavy atom. The summed E-state index contributed by atoms with van der Waals surface area (Å²) in [5.41, 5.74) is 13.2. The van der Waals surface area contributed by atoms with Gasteiger partial charge in [-0.1, -0.05) is 107 Å². The second-order valence-corrected chi connectivity index (χ2v) is 11.6. The summed E-state index contributed by atoms with van der Waals surface area (Å²) >= 11 is 3.66. The molecule has 7 nitrogen and oxygen atoms in total. The van der Waals surface area contributed by atoms with Crippen LogP contribution in [0.3, 0.4) is 0 Å². The molecule has 8 heteroatoms. The second-order valence-electron chi connectivity index (χ2n) is 10.7. The van der Waals surface area contributed by atoms with Crippen LogP contribution in [-0.4, -0.2) is 34.7 Å². The summed E-state index contributed by atoms with van der Waals surface area (Å²) in [5.74, 6) is -0.617. The topological polar surface area (TPSA) is 107 Å². The summed E-state index contributed by atoms with van der Waals surface area (Å²) in [6, 6.07) is 37.2. The molecule has 1 aliphatic rings.